The lowest BCUT2D eigenvalue weighted by Crippen LogP contribution is -1.98. The first-order valence-corrected chi connectivity index (χ1v) is 11.1. The zero-order valence-electron chi connectivity index (χ0n) is 18.4. The topological polar surface area (TPSA) is 75.2 Å². The number of hydrogen-bond acceptors (Lipinski definition) is 3. The molecule has 0 atom stereocenters. The summed E-state index contributed by atoms with van der Waals surface area (Å²) in [7, 11) is 0. The maximum atomic E-state index is 4.96. The van der Waals surface area contributed by atoms with Crippen LogP contribution in [-0.2, 0) is 12.8 Å². The Morgan fingerprint density at radius 2 is 1.69 bits per heavy atom. The molecule has 6 aromatic rings. The lowest BCUT2D eigenvalue weighted by Gasteiger charge is -2.01. The minimum atomic E-state index is 0.705. The monoisotopic (exact) mass is 420 g/mol. The van der Waals surface area contributed by atoms with E-state index in [2.05, 4.69) is 73.2 Å². The van der Waals surface area contributed by atoms with Crippen molar-refractivity contribution in [2.75, 3.05) is 0 Å². The van der Waals surface area contributed by atoms with E-state index in [1.54, 1.807) is 0 Å². The van der Waals surface area contributed by atoms with Gasteiger partial charge >= 0.3 is 0 Å². The van der Waals surface area contributed by atoms with Gasteiger partial charge in [-0.15, -0.1) is 0 Å². The van der Waals surface area contributed by atoms with E-state index in [0.29, 0.717) is 5.95 Å². The van der Waals surface area contributed by atoms with Gasteiger partial charge in [-0.25, -0.2) is 9.97 Å². The average Bonchev–Trinajstić information content (AvgIpc) is 3.51. The van der Waals surface area contributed by atoms with Gasteiger partial charge in [0, 0.05) is 5.39 Å². The number of imidazole rings is 2. The van der Waals surface area contributed by atoms with Gasteiger partial charge in [0.1, 0.15) is 5.69 Å². The summed E-state index contributed by atoms with van der Waals surface area (Å²) in [6.45, 7) is 6.47. The summed E-state index contributed by atoms with van der Waals surface area (Å²) in [5.41, 5.74) is 9.63. The van der Waals surface area contributed by atoms with E-state index in [1.165, 1.54) is 16.7 Å². The molecule has 3 heterocycles. The second kappa shape index (κ2) is 7.05. The molecule has 0 unspecified atom stereocenters. The van der Waals surface area contributed by atoms with Crippen molar-refractivity contribution in [1.29, 1.82) is 0 Å². The van der Waals surface area contributed by atoms with Crippen LogP contribution in [-0.4, -0.2) is 29.7 Å². The van der Waals surface area contributed by atoms with Crippen molar-refractivity contribution >= 4 is 33.0 Å². The van der Waals surface area contributed by atoms with E-state index < -0.39 is 0 Å². The summed E-state index contributed by atoms with van der Waals surface area (Å²) in [4.78, 5) is 16.6. The van der Waals surface area contributed by atoms with Crippen LogP contribution in [0.1, 0.15) is 30.5 Å². The average molecular weight is 421 g/mol. The van der Waals surface area contributed by atoms with Crippen molar-refractivity contribution in [3.63, 3.8) is 0 Å². The molecule has 6 nitrogen and oxygen atoms in total. The van der Waals surface area contributed by atoms with Crippen molar-refractivity contribution in [2.45, 2.75) is 33.6 Å². The molecular weight excluding hydrogens is 396 g/mol. The SMILES string of the molecule is CCc1ccc2[nH]c(-n3nc(-c4nc5cc(CC)c(C)cc5[nH]4)c4ccccc43)nc2c1. The number of rotatable bonds is 4. The molecule has 0 amide bonds. The van der Waals surface area contributed by atoms with E-state index >= 15 is 0 Å². The highest BCUT2D eigenvalue weighted by atomic mass is 15.4. The second-order valence-corrected chi connectivity index (χ2v) is 8.28. The largest absolute Gasteiger partial charge is 0.337 e. The molecule has 0 saturated heterocycles. The number of aryl methyl sites for hydroxylation is 3. The minimum Gasteiger partial charge on any atom is -0.337 e. The number of aromatic amines is 2. The van der Waals surface area contributed by atoms with Crippen LogP contribution in [0.15, 0.2) is 54.6 Å². The highest BCUT2D eigenvalue weighted by molar-refractivity contribution is 5.94. The van der Waals surface area contributed by atoms with E-state index in [9.17, 15) is 0 Å². The van der Waals surface area contributed by atoms with Crippen LogP contribution < -0.4 is 0 Å². The van der Waals surface area contributed by atoms with Gasteiger partial charge in [-0.1, -0.05) is 38.1 Å². The molecule has 0 spiro atoms. The molecule has 0 bridgehead atoms. The Labute approximate surface area is 185 Å². The number of benzene rings is 3. The maximum absolute atomic E-state index is 4.96. The number of nitrogens with zero attached hydrogens (tertiary/aromatic N) is 4. The normalized spacial score (nSPS) is 11.8. The molecule has 0 saturated carbocycles. The molecular formula is C26H24N6. The van der Waals surface area contributed by atoms with Crippen molar-refractivity contribution in [2.24, 2.45) is 0 Å². The number of para-hydroxylation sites is 1. The van der Waals surface area contributed by atoms with Crippen LogP contribution in [0.2, 0.25) is 0 Å². The molecule has 3 aromatic heterocycles. The molecule has 3 aromatic carbocycles. The van der Waals surface area contributed by atoms with Crippen molar-refractivity contribution in [3.05, 3.63) is 71.3 Å². The molecule has 6 rings (SSSR count). The Morgan fingerprint density at radius 3 is 2.53 bits per heavy atom. The standard InChI is InChI=1S/C26H24N6/c1-4-16-10-11-19-21(13-16)30-26(29-19)32-23-9-7-6-8-18(23)24(31-32)25-27-20-12-15(3)17(5-2)14-22(20)28-25/h6-14H,4-5H2,1-3H3,(H,27,28)(H,29,30). The van der Waals surface area contributed by atoms with Crippen molar-refractivity contribution in [3.8, 4) is 17.5 Å². The Kier molecular flexibility index (Phi) is 4.15. The van der Waals surface area contributed by atoms with Crippen molar-refractivity contribution in [1.82, 2.24) is 29.7 Å². The third-order valence-corrected chi connectivity index (χ3v) is 6.28. The fourth-order valence-corrected chi connectivity index (χ4v) is 4.46. The zero-order valence-corrected chi connectivity index (χ0v) is 18.4. The Bertz CT molecular complexity index is 1610. The van der Waals surface area contributed by atoms with Crippen LogP contribution in [0.3, 0.4) is 0 Å². The van der Waals surface area contributed by atoms with Gasteiger partial charge in [-0.2, -0.15) is 9.78 Å². The maximum Gasteiger partial charge on any atom is 0.229 e. The summed E-state index contributed by atoms with van der Waals surface area (Å²) >= 11 is 0. The minimum absolute atomic E-state index is 0.705. The molecule has 0 aliphatic rings. The van der Waals surface area contributed by atoms with Gasteiger partial charge in [0.15, 0.2) is 5.82 Å². The van der Waals surface area contributed by atoms with Gasteiger partial charge in [0.2, 0.25) is 5.95 Å². The lowest BCUT2D eigenvalue weighted by atomic mass is 10.1. The van der Waals surface area contributed by atoms with E-state index in [0.717, 1.165) is 57.3 Å². The second-order valence-electron chi connectivity index (χ2n) is 8.28. The predicted octanol–water partition coefficient (Wildman–Crippen LogP) is 5.88. The summed E-state index contributed by atoms with van der Waals surface area (Å²) in [5, 5.41) is 5.99. The molecule has 0 radical (unpaired) electrons. The fraction of sp³-hybridized carbons (Fsp3) is 0.192. The Morgan fingerprint density at radius 1 is 0.844 bits per heavy atom. The molecule has 6 heteroatoms. The molecule has 158 valence electrons. The van der Waals surface area contributed by atoms with Gasteiger partial charge in [0.25, 0.3) is 0 Å². The van der Waals surface area contributed by atoms with Gasteiger partial charge < -0.3 is 9.97 Å². The summed E-state index contributed by atoms with van der Waals surface area (Å²) < 4.78 is 1.88. The first-order chi connectivity index (χ1) is 15.6. The van der Waals surface area contributed by atoms with E-state index in [4.69, 9.17) is 15.1 Å². The fourth-order valence-electron chi connectivity index (χ4n) is 4.46. The van der Waals surface area contributed by atoms with Crippen LogP contribution in [0.25, 0.3) is 50.4 Å². The third-order valence-electron chi connectivity index (χ3n) is 6.28. The lowest BCUT2D eigenvalue weighted by molar-refractivity contribution is 0.857. The van der Waals surface area contributed by atoms with Crippen LogP contribution in [0.5, 0.6) is 0 Å². The number of aromatic nitrogens is 6. The smallest absolute Gasteiger partial charge is 0.229 e. The molecule has 0 fully saturated rings. The zero-order chi connectivity index (χ0) is 21.8. The van der Waals surface area contributed by atoms with Crippen LogP contribution in [0, 0.1) is 6.92 Å². The van der Waals surface area contributed by atoms with Gasteiger partial charge in [0.05, 0.1) is 27.6 Å². The van der Waals surface area contributed by atoms with Crippen LogP contribution >= 0.6 is 0 Å². The summed E-state index contributed by atoms with van der Waals surface area (Å²) in [6, 6.07) is 18.9. The number of H-pyrrole nitrogens is 2. The predicted molar refractivity (Wildman–Crippen MR) is 129 cm³/mol. The number of nitrogens with one attached hydrogen (secondary N) is 2. The van der Waals surface area contributed by atoms with Crippen molar-refractivity contribution < 1.29 is 0 Å². The molecule has 32 heavy (non-hydrogen) atoms. The molecule has 0 aliphatic carbocycles. The molecule has 2 N–H and O–H groups in total. The van der Waals surface area contributed by atoms with Crippen LogP contribution in [0.4, 0.5) is 0 Å². The highest BCUT2D eigenvalue weighted by Crippen LogP contribution is 2.30. The van der Waals surface area contributed by atoms with Gasteiger partial charge in [-0.05, 0) is 66.8 Å². The summed E-state index contributed by atoms with van der Waals surface area (Å²) in [5.74, 6) is 1.47. The first kappa shape index (κ1) is 18.8. The van der Waals surface area contributed by atoms with Gasteiger partial charge in [-0.3, -0.25) is 0 Å². The van der Waals surface area contributed by atoms with E-state index in [-0.39, 0.29) is 0 Å². The number of fused-ring (bicyclic) bond motifs is 3. The molecule has 0 aliphatic heterocycles. The third kappa shape index (κ3) is 2.83. The number of hydrogen-bond donors (Lipinski definition) is 2. The highest BCUT2D eigenvalue weighted by Gasteiger charge is 2.18. The van der Waals surface area contributed by atoms with E-state index in [1.807, 2.05) is 16.8 Å². The quantitative estimate of drug-likeness (QED) is 0.374. The first-order valence-electron chi connectivity index (χ1n) is 11.1. The Hall–Kier alpha value is -3.93. The Balaban J connectivity index is 1.55. The summed E-state index contributed by atoms with van der Waals surface area (Å²) in [6.07, 6.45) is 1.98.